The molecule has 5 nitrogen and oxygen atoms in total. The van der Waals surface area contributed by atoms with Crippen LogP contribution in [0.15, 0.2) is 34.5 Å². The number of benzene rings is 1. The summed E-state index contributed by atoms with van der Waals surface area (Å²) in [5.74, 6) is 0.426. The van der Waals surface area contributed by atoms with Gasteiger partial charge < -0.3 is 4.98 Å². The molecule has 24 heavy (non-hydrogen) atoms. The van der Waals surface area contributed by atoms with Crippen molar-refractivity contribution >= 4 is 34.4 Å². The Morgan fingerprint density at radius 3 is 3.04 bits per heavy atom. The minimum Gasteiger partial charge on any atom is -0.333 e. The molecular weight excluding hydrogens is 320 g/mol. The molecule has 3 rings (SSSR count). The van der Waals surface area contributed by atoms with Crippen molar-refractivity contribution in [2.45, 2.75) is 56.4 Å². The van der Waals surface area contributed by atoms with Crippen LogP contribution in [0.3, 0.4) is 0 Å². The van der Waals surface area contributed by atoms with Crippen molar-refractivity contribution in [1.82, 2.24) is 15.4 Å². The van der Waals surface area contributed by atoms with Crippen molar-refractivity contribution in [2.75, 3.05) is 0 Å². The zero-order chi connectivity index (χ0) is 16.9. The van der Waals surface area contributed by atoms with Gasteiger partial charge in [-0.2, -0.15) is 5.10 Å². The van der Waals surface area contributed by atoms with Gasteiger partial charge in [0, 0.05) is 5.71 Å². The summed E-state index contributed by atoms with van der Waals surface area (Å²) in [6.45, 7) is 4.20. The van der Waals surface area contributed by atoms with Gasteiger partial charge in [0.15, 0.2) is 5.16 Å². The van der Waals surface area contributed by atoms with E-state index < -0.39 is 0 Å². The molecule has 1 aliphatic rings. The van der Waals surface area contributed by atoms with Crippen molar-refractivity contribution in [2.24, 2.45) is 11.0 Å². The van der Waals surface area contributed by atoms with E-state index in [0.29, 0.717) is 5.92 Å². The number of carbonyl (C=O) groups excluding carboxylic acids is 1. The lowest BCUT2D eigenvalue weighted by Gasteiger charge is -2.20. The number of nitrogens with zero attached hydrogens (tertiary/aromatic N) is 2. The van der Waals surface area contributed by atoms with E-state index in [9.17, 15) is 4.79 Å². The lowest BCUT2D eigenvalue weighted by molar-refractivity contribution is -0.120. The summed E-state index contributed by atoms with van der Waals surface area (Å²) in [5.41, 5.74) is 5.81. The first kappa shape index (κ1) is 17.0. The van der Waals surface area contributed by atoms with Crippen molar-refractivity contribution in [3.8, 4) is 0 Å². The normalized spacial score (nSPS) is 21.1. The summed E-state index contributed by atoms with van der Waals surface area (Å²) in [7, 11) is 0. The molecule has 128 valence electrons. The molecule has 1 aliphatic carbocycles. The molecule has 0 spiro atoms. The number of imidazole rings is 1. The number of para-hydroxylation sites is 2. The van der Waals surface area contributed by atoms with Gasteiger partial charge in [0.05, 0.1) is 16.3 Å². The van der Waals surface area contributed by atoms with Gasteiger partial charge in [-0.3, -0.25) is 4.79 Å². The summed E-state index contributed by atoms with van der Waals surface area (Å²) in [6, 6.07) is 7.89. The van der Waals surface area contributed by atoms with Crippen molar-refractivity contribution < 1.29 is 4.79 Å². The van der Waals surface area contributed by atoms with Crippen LogP contribution < -0.4 is 5.43 Å². The maximum absolute atomic E-state index is 12.5. The average molecular weight is 344 g/mol. The fraction of sp³-hybridized carbons (Fsp3) is 0.500. The lowest BCUT2D eigenvalue weighted by atomic mass is 9.89. The van der Waals surface area contributed by atoms with Gasteiger partial charge in [0.25, 0.3) is 5.91 Å². The summed E-state index contributed by atoms with van der Waals surface area (Å²) >= 11 is 1.46. The zero-order valence-electron chi connectivity index (χ0n) is 14.2. The van der Waals surface area contributed by atoms with Crippen molar-refractivity contribution in [3.63, 3.8) is 0 Å². The summed E-state index contributed by atoms with van der Waals surface area (Å²) < 4.78 is 0. The number of rotatable bonds is 5. The van der Waals surface area contributed by atoms with Crippen LogP contribution in [-0.4, -0.2) is 26.8 Å². The second-order valence-electron chi connectivity index (χ2n) is 6.30. The highest BCUT2D eigenvalue weighted by Crippen LogP contribution is 2.26. The highest BCUT2D eigenvalue weighted by Gasteiger charge is 2.21. The van der Waals surface area contributed by atoms with Gasteiger partial charge >= 0.3 is 0 Å². The van der Waals surface area contributed by atoms with E-state index in [0.717, 1.165) is 34.7 Å². The smallest absolute Gasteiger partial charge is 0.253 e. The highest BCUT2D eigenvalue weighted by molar-refractivity contribution is 8.00. The molecule has 0 aliphatic heterocycles. The van der Waals surface area contributed by atoms with Crippen LogP contribution in [0.1, 0.15) is 46.0 Å². The summed E-state index contributed by atoms with van der Waals surface area (Å²) in [6.07, 6.45) is 5.32. The molecule has 1 heterocycles. The molecule has 2 aromatic rings. The number of nitrogens with one attached hydrogen (secondary N) is 2. The van der Waals surface area contributed by atoms with E-state index in [2.05, 4.69) is 27.4 Å². The Balaban J connectivity index is 1.64. The Labute approximate surface area is 146 Å². The Kier molecular flexibility index (Phi) is 5.56. The second kappa shape index (κ2) is 7.83. The van der Waals surface area contributed by atoms with E-state index in [1.54, 1.807) is 0 Å². The van der Waals surface area contributed by atoms with Gasteiger partial charge in [-0.25, -0.2) is 10.4 Å². The van der Waals surface area contributed by atoms with Crippen LogP contribution in [-0.2, 0) is 4.79 Å². The molecule has 0 radical (unpaired) electrons. The van der Waals surface area contributed by atoms with Gasteiger partial charge in [-0.15, -0.1) is 0 Å². The first-order valence-corrected chi connectivity index (χ1v) is 9.53. The fourth-order valence-electron chi connectivity index (χ4n) is 2.98. The van der Waals surface area contributed by atoms with Crippen LogP contribution in [0.2, 0.25) is 0 Å². The minimum absolute atomic E-state index is 0.0479. The third-order valence-corrected chi connectivity index (χ3v) is 5.73. The molecule has 2 atom stereocenters. The number of amides is 1. The zero-order valence-corrected chi connectivity index (χ0v) is 15.0. The number of carbonyl (C=O) groups is 1. The third kappa shape index (κ3) is 3.98. The molecule has 0 saturated heterocycles. The highest BCUT2D eigenvalue weighted by atomic mass is 32.2. The molecule has 0 bridgehead atoms. The van der Waals surface area contributed by atoms with Gasteiger partial charge in [-0.05, 0) is 43.7 Å². The van der Waals surface area contributed by atoms with E-state index in [-0.39, 0.29) is 11.2 Å². The van der Waals surface area contributed by atoms with Gasteiger partial charge in [-0.1, -0.05) is 44.2 Å². The number of thioether (sulfide) groups is 1. The average Bonchev–Trinajstić information content (AvgIpc) is 3.01. The first-order valence-electron chi connectivity index (χ1n) is 8.65. The topological polar surface area (TPSA) is 70.1 Å². The first-order chi connectivity index (χ1) is 11.7. The Morgan fingerprint density at radius 1 is 1.46 bits per heavy atom. The fourth-order valence-corrected chi connectivity index (χ4v) is 3.89. The van der Waals surface area contributed by atoms with Crippen LogP contribution in [0, 0.1) is 5.92 Å². The molecule has 1 fully saturated rings. The summed E-state index contributed by atoms with van der Waals surface area (Å²) in [4.78, 5) is 20.3. The van der Waals surface area contributed by atoms with E-state index in [4.69, 9.17) is 0 Å². The number of hydrazone groups is 1. The molecule has 1 amide bonds. The van der Waals surface area contributed by atoms with Crippen LogP contribution in [0.5, 0.6) is 0 Å². The predicted octanol–water partition coefficient (Wildman–Crippen LogP) is 4.12. The monoisotopic (exact) mass is 344 g/mol. The van der Waals surface area contributed by atoms with Gasteiger partial charge in [0.2, 0.25) is 0 Å². The quantitative estimate of drug-likeness (QED) is 0.633. The molecule has 0 unspecified atom stereocenters. The van der Waals surface area contributed by atoms with Crippen LogP contribution in [0.4, 0.5) is 0 Å². The maximum Gasteiger partial charge on any atom is 0.253 e. The van der Waals surface area contributed by atoms with Crippen LogP contribution in [0.25, 0.3) is 11.0 Å². The number of hydrogen-bond acceptors (Lipinski definition) is 4. The van der Waals surface area contributed by atoms with Crippen molar-refractivity contribution in [1.29, 1.82) is 0 Å². The Morgan fingerprint density at radius 2 is 2.29 bits per heavy atom. The standard InChI is InChI=1S/C18H24N4OS/c1-3-16(17(23)22-21-13-9-5-4-8-12(13)2)24-18-19-14-10-6-7-11-15(14)20-18/h6-7,10-12,16H,3-5,8-9H2,1-2H3,(H,19,20)(H,22,23)/t12-,16-/m0/s1. The van der Waals surface area contributed by atoms with Gasteiger partial charge in [0.1, 0.15) is 0 Å². The Bertz CT molecular complexity index is 706. The number of hydrogen-bond donors (Lipinski definition) is 2. The lowest BCUT2D eigenvalue weighted by Crippen LogP contribution is -2.31. The summed E-state index contributed by atoms with van der Waals surface area (Å²) in [5, 5.41) is 4.97. The predicted molar refractivity (Wildman–Crippen MR) is 99.2 cm³/mol. The van der Waals surface area contributed by atoms with Crippen LogP contribution >= 0.6 is 11.8 Å². The largest absolute Gasteiger partial charge is 0.333 e. The molecule has 1 aromatic carbocycles. The number of aromatic amines is 1. The molecule has 1 saturated carbocycles. The Hall–Kier alpha value is -1.82. The SMILES string of the molecule is CC[C@H](Sc1nc2ccccc2[nH]1)C(=O)NN=C1CCCC[C@@H]1C. The number of H-pyrrole nitrogens is 1. The molecule has 1 aromatic heterocycles. The molecule has 6 heteroatoms. The molecule has 2 N–H and O–H groups in total. The van der Waals surface area contributed by atoms with E-state index in [1.165, 1.54) is 31.0 Å². The van der Waals surface area contributed by atoms with E-state index in [1.807, 2.05) is 31.2 Å². The molecular formula is C18H24N4OS. The minimum atomic E-state index is -0.200. The third-order valence-electron chi connectivity index (χ3n) is 4.48. The number of fused-ring (bicyclic) bond motifs is 1. The van der Waals surface area contributed by atoms with E-state index >= 15 is 0 Å². The van der Waals surface area contributed by atoms with Crippen molar-refractivity contribution in [3.05, 3.63) is 24.3 Å². The maximum atomic E-state index is 12.5. The second-order valence-corrected chi connectivity index (χ2v) is 7.49. The number of aromatic nitrogens is 2.